The Morgan fingerprint density at radius 2 is 2.26 bits per heavy atom. The number of carboxylic acids is 1. The maximum Gasteiger partial charge on any atom is 0.307 e. The van der Waals surface area contributed by atoms with Crippen LogP contribution < -0.4 is 10.1 Å². The molecule has 0 aliphatic carbocycles. The second-order valence-electron chi connectivity index (χ2n) is 4.85. The van der Waals surface area contributed by atoms with E-state index in [2.05, 4.69) is 10.3 Å². The van der Waals surface area contributed by atoms with Crippen molar-refractivity contribution in [3.8, 4) is 5.75 Å². The van der Waals surface area contributed by atoms with E-state index in [1.807, 2.05) is 24.4 Å². The lowest BCUT2D eigenvalue weighted by atomic mass is 9.96. The van der Waals surface area contributed by atoms with Crippen LogP contribution in [0.4, 0.5) is 0 Å². The molecule has 2 heterocycles. The number of carbonyl (C=O) groups is 1. The van der Waals surface area contributed by atoms with E-state index in [9.17, 15) is 4.79 Å². The van der Waals surface area contributed by atoms with Crippen molar-refractivity contribution in [3.63, 3.8) is 0 Å². The second-order valence-corrected chi connectivity index (χ2v) is 4.85. The van der Waals surface area contributed by atoms with Crippen LogP contribution in [0.5, 0.6) is 5.75 Å². The Morgan fingerprint density at radius 3 is 2.95 bits per heavy atom. The maximum absolute atomic E-state index is 11.1. The number of rotatable bonds is 3. The average Bonchev–Trinajstić information content (AvgIpc) is 3.06. The number of carboxylic acid groups (broad SMARTS) is 1. The summed E-state index contributed by atoms with van der Waals surface area (Å²) in [5, 5.41) is 13.5. The van der Waals surface area contributed by atoms with Crippen LogP contribution in [-0.4, -0.2) is 29.7 Å². The molecular formula is C14H16N2O3. The van der Waals surface area contributed by atoms with Gasteiger partial charge in [-0.2, -0.15) is 0 Å². The van der Waals surface area contributed by atoms with Crippen LogP contribution in [0.1, 0.15) is 18.0 Å². The van der Waals surface area contributed by atoms with E-state index in [-0.39, 0.29) is 12.0 Å². The molecule has 3 rings (SSSR count). The van der Waals surface area contributed by atoms with Gasteiger partial charge in [-0.3, -0.25) is 4.79 Å². The number of nitrogens with one attached hydrogen (secondary N) is 2. The fraction of sp³-hybridized carbons (Fsp3) is 0.357. The van der Waals surface area contributed by atoms with Crippen molar-refractivity contribution in [2.24, 2.45) is 5.92 Å². The highest BCUT2D eigenvalue weighted by atomic mass is 16.5. The zero-order valence-corrected chi connectivity index (χ0v) is 10.6. The zero-order chi connectivity index (χ0) is 13.4. The molecule has 5 heteroatoms. The molecular weight excluding hydrogens is 244 g/mol. The molecule has 0 saturated carbocycles. The summed E-state index contributed by atoms with van der Waals surface area (Å²) in [4.78, 5) is 14.2. The molecule has 19 heavy (non-hydrogen) atoms. The molecule has 1 aromatic heterocycles. The number of aromatic amines is 1. The topological polar surface area (TPSA) is 74.4 Å². The molecule has 2 aromatic rings. The lowest BCUT2D eigenvalue weighted by Crippen LogP contribution is -2.17. The van der Waals surface area contributed by atoms with Gasteiger partial charge in [-0.15, -0.1) is 0 Å². The van der Waals surface area contributed by atoms with Crippen molar-refractivity contribution in [1.29, 1.82) is 0 Å². The van der Waals surface area contributed by atoms with Crippen LogP contribution in [-0.2, 0) is 4.79 Å². The van der Waals surface area contributed by atoms with Crippen molar-refractivity contribution < 1.29 is 14.6 Å². The molecule has 100 valence electrons. The third kappa shape index (κ3) is 1.96. The minimum Gasteiger partial charge on any atom is -0.496 e. The van der Waals surface area contributed by atoms with E-state index in [0.29, 0.717) is 13.0 Å². The van der Waals surface area contributed by atoms with Crippen LogP contribution in [0.15, 0.2) is 24.4 Å². The van der Waals surface area contributed by atoms with Gasteiger partial charge in [0.2, 0.25) is 0 Å². The van der Waals surface area contributed by atoms with Gasteiger partial charge in [0.1, 0.15) is 5.75 Å². The molecule has 0 bridgehead atoms. The third-order valence-electron chi connectivity index (χ3n) is 3.78. The van der Waals surface area contributed by atoms with E-state index in [0.717, 1.165) is 22.2 Å². The predicted molar refractivity (Wildman–Crippen MR) is 71.3 cm³/mol. The lowest BCUT2D eigenvalue weighted by molar-refractivity contribution is -0.141. The van der Waals surface area contributed by atoms with Gasteiger partial charge < -0.3 is 20.1 Å². The summed E-state index contributed by atoms with van der Waals surface area (Å²) in [6.45, 7) is 0.504. The first kappa shape index (κ1) is 12.0. The van der Waals surface area contributed by atoms with Gasteiger partial charge in [-0.25, -0.2) is 0 Å². The molecule has 1 fully saturated rings. The summed E-state index contributed by atoms with van der Waals surface area (Å²) in [5.41, 5.74) is 2.08. The van der Waals surface area contributed by atoms with Crippen LogP contribution in [0.25, 0.3) is 10.9 Å². The highest BCUT2D eigenvalue weighted by Crippen LogP contribution is 2.38. The van der Waals surface area contributed by atoms with Gasteiger partial charge in [0.15, 0.2) is 0 Å². The smallest absolute Gasteiger partial charge is 0.307 e. The molecule has 0 amide bonds. The fourth-order valence-electron chi connectivity index (χ4n) is 2.82. The SMILES string of the molecule is COc1ccc2[nH]ccc2c1C1CC(C(=O)O)CN1. The van der Waals surface area contributed by atoms with Gasteiger partial charge in [0.05, 0.1) is 13.0 Å². The van der Waals surface area contributed by atoms with Crippen molar-refractivity contribution in [2.75, 3.05) is 13.7 Å². The summed E-state index contributed by atoms with van der Waals surface area (Å²) in [7, 11) is 1.64. The minimum atomic E-state index is -0.741. The Labute approximate surface area is 110 Å². The number of methoxy groups -OCH3 is 1. The van der Waals surface area contributed by atoms with E-state index in [1.165, 1.54) is 0 Å². The Balaban J connectivity index is 2.04. The average molecular weight is 260 g/mol. The van der Waals surface area contributed by atoms with Gasteiger partial charge in [-0.1, -0.05) is 0 Å². The highest BCUT2D eigenvalue weighted by Gasteiger charge is 2.32. The maximum atomic E-state index is 11.1. The van der Waals surface area contributed by atoms with E-state index < -0.39 is 5.97 Å². The van der Waals surface area contributed by atoms with Gasteiger partial charge in [-0.05, 0) is 24.6 Å². The number of H-pyrrole nitrogens is 1. The minimum absolute atomic E-state index is 0.0237. The largest absolute Gasteiger partial charge is 0.496 e. The Bertz CT molecular complexity index is 620. The summed E-state index contributed by atoms with van der Waals surface area (Å²) < 4.78 is 5.43. The van der Waals surface area contributed by atoms with Crippen molar-refractivity contribution in [3.05, 3.63) is 30.0 Å². The molecule has 0 spiro atoms. The zero-order valence-electron chi connectivity index (χ0n) is 10.6. The quantitative estimate of drug-likeness (QED) is 0.788. The Morgan fingerprint density at radius 1 is 1.42 bits per heavy atom. The van der Waals surface area contributed by atoms with Crippen molar-refractivity contribution in [2.45, 2.75) is 12.5 Å². The van der Waals surface area contributed by atoms with Gasteiger partial charge in [0.25, 0.3) is 0 Å². The van der Waals surface area contributed by atoms with Crippen LogP contribution >= 0.6 is 0 Å². The molecule has 5 nitrogen and oxygen atoms in total. The van der Waals surface area contributed by atoms with Crippen molar-refractivity contribution in [1.82, 2.24) is 10.3 Å². The highest BCUT2D eigenvalue weighted by molar-refractivity contribution is 5.86. The van der Waals surface area contributed by atoms with Gasteiger partial charge >= 0.3 is 5.97 Å². The van der Waals surface area contributed by atoms with Crippen molar-refractivity contribution >= 4 is 16.9 Å². The number of benzene rings is 1. The lowest BCUT2D eigenvalue weighted by Gasteiger charge is -2.16. The normalized spacial score (nSPS) is 22.8. The monoisotopic (exact) mass is 260 g/mol. The second kappa shape index (κ2) is 4.59. The molecule has 1 aromatic carbocycles. The third-order valence-corrected chi connectivity index (χ3v) is 3.78. The number of aromatic nitrogens is 1. The van der Waals surface area contributed by atoms with E-state index >= 15 is 0 Å². The van der Waals surface area contributed by atoms with Crippen LogP contribution in [0.3, 0.4) is 0 Å². The van der Waals surface area contributed by atoms with E-state index in [1.54, 1.807) is 7.11 Å². The van der Waals surface area contributed by atoms with Crippen LogP contribution in [0, 0.1) is 5.92 Å². The summed E-state index contributed by atoms with van der Waals surface area (Å²) in [5.74, 6) is -0.269. The number of fused-ring (bicyclic) bond motifs is 1. The Hall–Kier alpha value is -2.01. The fourth-order valence-corrected chi connectivity index (χ4v) is 2.82. The molecule has 2 atom stereocenters. The standard InChI is InChI=1S/C14H16N2O3/c1-19-12-3-2-10-9(4-5-15-10)13(12)11-6-8(7-16-11)14(17)18/h2-5,8,11,15-16H,6-7H2,1H3,(H,17,18). The van der Waals surface area contributed by atoms with Crippen LogP contribution in [0.2, 0.25) is 0 Å². The molecule has 0 radical (unpaired) electrons. The number of aliphatic carboxylic acids is 1. The Kier molecular flexibility index (Phi) is 2.91. The number of hydrogen-bond acceptors (Lipinski definition) is 3. The molecule has 1 aliphatic heterocycles. The molecule has 3 N–H and O–H groups in total. The number of hydrogen-bond donors (Lipinski definition) is 3. The molecule has 1 saturated heterocycles. The first-order valence-corrected chi connectivity index (χ1v) is 6.31. The molecule has 1 aliphatic rings. The first-order chi connectivity index (χ1) is 9.20. The predicted octanol–water partition coefficient (Wildman–Crippen LogP) is 1.91. The van der Waals surface area contributed by atoms with Gasteiger partial charge in [0, 0.05) is 35.2 Å². The first-order valence-electron chi connectivity index (χ1n) is 6.31. The number of ether oxygens (including phenoxy) is 1. The molecule has 2 unspecified atom stereocenters. The summed E-state index contributed by atoms with van der Waals surface area (Å²) >= 11 is 0. The summed E-state index contributed by atoms with van der Waals surface area (Å²) in [6.07, 6.45) is 2.48. The summed E-state index contributed by atoms with van der Waals surface area (Å²) in [6, 6.07) is 5.92. The van der Waals surface area contributed by atoms with E-state index in [4.69, 9.17) is 9.84 Å².